The van der Waals surface area contributed by atoms with E-state index in [9.17, 15) is 9.59 Å². The number of fused-ring (bicyclic) bond motifs is 3. The Balaban J connectivity index is 1.64. The molecule has 152 valence electrons. The van der Waals surface area contributed by atoms with E-state index < -0.39 is 0 Å². The van der Waals surface area contributed by atoms with Crippen LogP contribution in [0.2, 0.25) is 0 Å². The highest BCUT2D eigenvalue weighted by atomic mass is 32.1. The number of aryl methyl sites for hydroxylation is 3. The van der Waals surface area contributed by atoms with E-state index in [1.54, 1.807) is 43.6 Å². The summed E-state index contributed by atoms with van der Waals surface area (Å²) in [6.07, 6.45) is 4.15. The Kier molecular flexibility index (Phi) is 5.27. The summed E-state index contributed by atoms with van der Waals surface area (Å²) >= 11 is 1.61. The van der Waals surface area contributed by atoms with Crippen molar-refractivity contribution in [2.75, 3.05) is 19.5 Å². The zero-order chi connectivity index (χ0) is 20.5. The van der Waals surface area contributed by atoms with Crippen LogP contribution in [0.25, 0.3) is 10.2 Å². The summed E-state index contributed by atoms with van der Waals surface area (Å²) in [5.41, 5.74) is 1.51. The Morgan fingerprint density at radius 3 is 2.79 bits per heavy atom. The van der Waals surface area contributed by atoms with Crippen molar-refractivity contribution in [1.82, 2.24) is 9.55 Å². The topological polar surface area (TPSA) is 82.5 Å². The van der Waals surface area contributed by atoms with Crippen LogP contribution in [0.1, 0.15) is 29.1 Å². The molecule has 0 atom stereocenters. The van der Waals surface area contributed by atoms with Gasteiger partial charge in [-0.2, -0.15) is 0 Å². The molecule has 0 radical (unpaired) electrons. The third kappa shape index (κ3) is 3.60. The number of hydrogen-bond donors (Lipinski definition) is 1. The molecule has 1 aromatic carbocycles. The number of benzene rings is 1. The van der Waals surface area contributed by atoms with E-state index in [0.29, 0.717) is 28.4 Å². The zero-order valence-electron chi connectivity index (χ0n) is 16.7. The summed E-state index contributed by atoms with van der Waals surface area (Å²) in [7, 11) is 3.09. The Labute approximate surface area is 172 Å². The first-order valence-electron chi connectivity index (χ1n) is 9.55. The number of carbonyl (C=O) groups excluding carboxylic acids is 1. The molecule has 0 spiro atoms. The van der Waals surface area contributed by atoms with Crippen LogP contribution in [0.15, 0.2) is 23.0 Å². The number of carbonyl (C=O) groups is 1. The molecule has 2 heterocycles. The molecule has 3 aromatic rings. The molecule has 0 bridgehead atoms. The Morgan fingerprint density at radius 1 is 1.24 bits per heavy atom. The van der Waals surface area contributed by atoms with E-state index in [1.807, 2.05) is 0 Å². The first-order chi connectivity index (χ1) is 14.0. The molecule has 0 unspecified atom stereocenters. The first kappa shape index (κ1) is 19.4. The molecule has 0 aliphatic heterocycles. The number of aromatic nitrogens is 2. The Bertz CT molecular complexity index is 1150. The van der Waals surface area contributed by atoms with Gasteiger partial charge >= 0.3 is 0 Å². The van der Waals surface area contributed by atoms with E-state index in [4.69, 9.17) is 9.47 Å². The maximum absolute atomic E-state index is 13.2. The molecule has 8 heteroatoms. The maximum atomic E-state index is 13.2. The number of nitrogens with one attached hydrogen (secondary N) is 1. The van der Waals surface area contributed by atoms with Gasteiger partial charge in [0.25, 0.3) is 5.56 Å². The van der Waals surface area contributed by atoms with Gasteiger partial charge in [-0.15, -0.1) is 11.3 Å². The molecule has 1 aliphatic rings. The quantitative estimate of drug-likeness (QED) is 0.694. The second-order valence-corrected chi connectivity index (χ2v) is 8.14. The van der Waals surface area contributed by atoms with Gasteiger partial charge in [-0.25, -0.2) is 4.98 Å². The van der Waals surface area contributed by atoms with Crippen LogP contribution in [0, 0.1) is 6.92 Å². The highest BCUT2D eigenvalue weighted by Gasteiger charge is 2.22. The average Bonchev–Trinajstić information content (AvgIpc) is 3.09. The van der Waals surface area contributed by atoms with Gasteiger partial charge in [-0.1, -0.05) is 0 Å². The monoisotopic (exact) mass is 413 g/mol. The highest BCUT2D eigenvalue weighted by molar-refractivity contribution is 7.18. The van der Waals surface area contributed by atoms with Crippen molar-refractivity contribution in [1.29, 1.82) is 0 Å². The van der Waals surface area contributed by atoms with Crippen LogP contribution in [0.5, 0.6) is 11.5 Å². The van der Waals surface area contributed by atoms with Crippen molar-refractivity contribution in [2.24, 2.45) is 0 Å². The van der Waals surface area contributed by atoms with Gasteiger partial charge in [0.1, 0.15) is 28.7 Å². The standard InChI is InChI=1S/C21H23N3O4S/c1-12-22-20-19(14-6-4-5-7-17(14)29-20)21(26)24(12)11-18(25)23-15-9-8-13(27-2)10-16(15)28-3/h8-10H,4-7,11H2,1-3H3,(H,23,25). The van der Waals surface area contributed by atoms with Crippen LogP contribution in [-0.2, 0) is 24.2 Å². The number of methoxy groups -OCH3 is 2. The Hall–Kier alpha value is -2.87. The molecule has 0 fully saturated rings. The fourth-order valence-corrected chi connectivity index (χ4v) is 5.06. The van der Waals surface area contributed by atoms with E-state index in [-0.39, 0.29) is 18.0 Å². The van der Waals surface area contributed by atoms with Gasteiger partial charge in [0.15, 0.2) is 0 Å². The largest absolute Gasteiger partial charge is 0.497 e. The second kappa shape index (κ2) is 7.87. The third-order valence-corrected chi connectivity index (χ3v) is 6.44. The summed E-state index contributed by atoms with van der Waals surface area (Å²) in [5, 5.41) is 3.50. The molecule has 4 rings (SSSR count). The van der Waals surface area contributed by atoms with Gasteiger partial charge in [-0.3, -0.25) is 14.2 Å². The number of anilines is 1. The van der Waals surface area contributed by atoms with Crippen molar-refractivity contribution in [3.63, 3.8) is 0 Å². The summed E-state index contributed by atoms with van der Waals surface area (Å²) in [5.74, 6) is 1.34. The van der Waals surface area contributed by atoms with E-state index in [0.717, 1.165) is 36.1 Å². The van der Waals surface area contributed by atoms with Crippen molar-refractivity contribution in [2.45, 2.75) is 39.2 Å². The number of thiophene rings is 1. The zero-order valence-corrected chi connectivity index (χ0v) is 17.5. The lowest BCUT2D eigenvalue weighted by Gasteiger charge is -2.14. The molecular formula is C21H23N3O4S. The summed E-state index contributed by atoms with van der Waals surface area (Å²) < 4.78 is 12.0. The number of hydrogen-bond acceptors (Lipinski definition) is 6. The molecule has 7 nitrogen and oxygen atoms in total. The lowest BCUT2D eigenvalue weighted by atomic mass is 9.97. The fraction of sp³-hybridized carbons (Fsp3) is 0.381. The van der Waals surface area contributed by atoms with E-state index in [1.165, 1.54) is 16.6 Å². The molecule has 2 aromatic heterocycles. The number of amides is 1. The van der Waals surface area contributed by atoms with Gasteiger partial charge in [-0.05, 0) is 50.3 Å². The minimum absolute atomic E-state index is 0.104. The lowest BCUT2D eigenvalue weighted by molar-refractivity contribution is -0.116. The SMILES string of the molecule is COc1ccc(NC(=O)Cn2c(C)nc3sc4c(c3c2=O)CCCC4)c(OC)c1. The van der Waals surface area contributed by atoms with E-state index >= 15 is 0 Å². The average molecular weight is 413 g/mol. The first-order valence-corrected chi connectivity index (χ1v) is 10.4. The van der Waals surface area contributed by atoms with Gasteiger partial charge in [0.05, 0.1) is 25.3 Å². The van der Waals surface area contributed by atoms with Crippen LogP contribution in [0.4, 0.5) is 5.69 Å². The lowest BCUT2D eigenvalue weighted by Crippen LogP contribution is -2.30. The molecule has 0 saturated heterocycles. The van der Waals surface area contributed by atoms with Crippen LogP contribution in [-0.4, -0.2) is 29.7 Å². The normalized spacial score (nSPS) is 13.2. The molecule has 0 saturated carbocycles. The van der Waals surface area contributed by atoms with Crippen molar-refractivity contribution in [3.05, 3.63) is 44.8 Å². The maximum Gasteiger partial charge on any atom is 0.263 e. The van der Waals surface area contributed by atoms with Crippen molar-refractivity contribution >= 4 is 33.1 Å². The van der Waals surface area contributed by atoms with Crippen molar-refractivity contribution < 1.29 is 14.3 Å². The second-order valence-electron chi connectivity index (χ2n) is 7.06. The summed E-state index contributed by atoms with van der Waals surface area (Å²) in [4.78, 5) is 32.5. The van der Waals surface area contributed by atoms with Crippen LogP contribution < -0.4 is 20.3 Å². The number of ether oxygens (including phenoxy) is 2. The molecule has 1 N–H and O–H groups in total. The van der Waals surface area contributed by atoms with Gasteiger partial charge < -0.3 is 14.8 Å². The number of nitrogens with zero attached hydrogens (tertiary/aromatic N) is 2. The summed E-state index contributed by atoms with van der Waals surface area (Å²) in [6.45, 7) is 1.66. The minimum atomic E-state index is -0.316. The summed E-state index contributed by atoms with van der Waals surface area (Å²) in [6, 6.07) is 5.14. The minimum Gasteiger partial charge on any atom is -0.497 e. The van der Waals surface area contributed by atoms with Crippen LogP contribution >= 0.6 is 11.3 Å². The van der Waals surface area contributed by atoms with Crippen molar-refractivity contribution in [3.8, 4) is 11.5 Å². The predicted molar refractivity (Wildman–Crippen MR) is 113 cm³/mol. The smallest absolute Gasteiger partial charge is 0.263 e. The van der Waals surface area contributed by atoms with Crippen LogP contribution in [0.3, 0.4) is 0 Å². The van der Waals surface area contributed by atoms with E-state index in [2.05, 4.69) is 10.3 Å². The van der Waals surface area contributed by atoms with Gasteiger partial charge in [0.2, 0.25) is 5.91 Å². The van der Waals surface area contributed by atoms with Gasteiger partial charge in [0, 0.05) is 10.9 Å². The predicted octanol–water partition coefficient (Wildman–Crippen LogP) is 3.30. The fourth-order valence-electron chi connectivity index (χ4n) is 3.76. The molecule has 1 aliphatic carbocycles. The number of rotatable bonds is 5. The highest BCUT2D eigenvalue weighted by Crippen LogP contribution is 2.34. The molecule has 1 amide bonds. The Morgan fingerprint density at radius 2 is 2.03 bits per heavy atom. The third-order valence-electron chi connectivity index (χ3n) is 5.25. The molecule has 29 heavy (non-hydrogen) atoms. The molecular weight excluding hydrogens is 390 g/mol.